The summed E-state index contributed by atoms with van der Waals surface area (Å²) in [6, 6.07) is 4.81. The van der Waals surface area contributed by atoms with Gasteiger partial charge in [0.25, 0.3) is 0 Å². The van der Waals surface area contributed by atoms with Crippen molar-refractivity contribution in [2.75, 3.05) is 11.6 Å². The van der Waals surface area contributed by atoms with E-state index in [1.165, 1.54) is 12.1 Å². The first-order valence-corrected chi connectivity index (χ1v) is 6.68. The highest BCUT2D eigenvalue weighted by atomic mass is 35.5. The van der Waals surface area contributed by atoms with E-state index in [2.05, 4.69) is 0 Å². The minimum atomic E-state index is -3.34. The molecule has 0 heterocycles. The summed E-state index contributed by atoms with van der Waals surface area (Å²) in [5.41, 5.74) is 0. The fourth-order valence-corrected chi connectivity index (χ4v) is 3.01. The lowest BCUT2D eigenvalue weighted by molar-refractivity contribution is 0.582. The number of sulfone groups is 1. The summed E-state index contributed by atoms with van der Waals surface area (Å²) < 4.78 is 36.1. The van der Waals surface area contributed by atoms with Crippen LogP contribution >= 0.6 is 11.6 Å². The van der Waals surface area contributed by atoms with Gasteiger partial charge in [-0.05, 0) is 30.2 Å². The Morgan fingerprint density at radius 3 is 2.33 bits per heavy atom. The third-order valence-electron chi connectivity index (χ3n) is 1.94. The highest BCUT2D eigenvalue weighted by molar-refractivity contribution is 7.91. The van der Waals surface area contributed by atoms with Gasteiger partial charge < -0.3 is 0 Å². The molecule has 0 aromatic heterocycles. The molecule has 0 amide bonds. The van der Waals surface area contributed by atoms with Crippen LogP contribution in [0.15, 0.2) is 29.2 Å². The van der Waals surface area contributed by atoms with Crippen molar-refractivity contribution in [3.8, 4) is 0 Å². The Bertz CT molecular complexity index is 414. The molecule has 1 atom stereocenters. The molecule has 1 aromatic rings. The fourth-order valence-electron chi connectivity index (χ4n) is 1.16. The van der Waals surface area contributed by atoms with E-state index in [4.69, 9.17) is 11.6 Å². The molecule has 0 N–H and O–H groups in total. The van der Waals surface area contributed by atoms with Gasteiger partial charge in [0.15, 0.2) is 9.84 Å². The molecule has 15 heavy (non-hydrogen) atoms. The summed E-state index contributed by atoms with van der Waals surface area (Å²) >= 11 is 5.55. The van der Waals surface area contributed by atoms with Gasteiger partial charge >= 0.3 is 0 Å². The lowest BCUT2D eigenvalue weighted by atomic mass is 10.3. The zero-order chi connectivity index (χ0) is 11.5. The maximum absolute atomic E-state index is 12.6. The van der Waals surface area contributed by atoms with Gasteiger partial charge in [0.1, 0.15) is 5.82 Å². The first-order chi connectivity index (χ1) is 6.95. The van der Waals surface area contributed by atoms with Gasteiger partial charge in [-0.15, -0.1) is 11.6 Å². The predicted octanol–water partition coefficient (Wildman–Crippen LogP) is 2.47. The van der Waals surface area contributed by atoms with E-state index in [1.807, 2.05) is 0 Å². The molecule has 5 heteroatoms. The molecule has 0 spiro atoms. The molecule has 84 valence electrons. The van der Waals surface area contributed by atoms with Gasteiger partial charge in [0.2, 0.25) is 0 Å². The predicted molar refractivity (Wildman–Crippen MR) is 58.3 cm³/mol. The van der Waals surface area contributed by atoms with Crippen LogP contribution in [0, 0.1) is 11.7 Å². The van der Waals surface area contributed by atoms with E-state index >= 15 is 0 Å². The maximum atomic E-state index is 12.6. The molecular weight excluding hydrogens is 239 g/mol. The topological polar surface area (TPSA) is 34.1 Å². The third-order valence-corrected chi connectivity index (χ3v) is 4.47. The lowest BCUT2D eigenvalue weighted by Crippen LogP contribution is -2.15. The van der Waals surface area contributed by atoms with Gasteiger partial charge in [-0.2, -0.15) is 0 Å². The Morgan fingerprint density at radius 1 is 1.33 bits per heavy atom. The number of rotatable bonds is 4. The van der Waals surface area contributed by atoms with Crippen LogP contribution in [0.1, 0.15) is 6.92 Å². The van der Waals surface area contributed by atoms with E-state index in [-0.39, 0.29) is 16.6 Å². The number of hydrogen-bond acceptors (Lipinski definition) is 2. The van der Waals surface area contributed by atoms with Crippen molar-refractivity contribution in [3.63, 3.8) is 0 Å². The van der Waals surface area contributed by atoms with Crippen molar-refractivity contribution >= 4 is 21.4 Å². The monoisotopic (exact) mass is 250 g/mol. The second-order valence-electron chi connectivity index (χ2n) is 3.49. The van der Waals surface area contributed by atoms with Crippen LogP contribution in [0.4, 0.5) is 4.39 Å². The normalized spacial score (nSPS) is 13.8. The highest BCUT2D eigenvalue weighted by Crippen LogP contribution is 2.15. The molecule has 0 radical (unpaired) electrons. The van der Waals surface area contributed by atoms with Crippen LogP contribution in [0.5, 0.6) is 0 Å². The highest BCUT2D eigenvalue weighted by Gasteiger charge is 2.17. The number of hydrogen-bond donors (Lipinski definition) is 0. The van der Waals surface area contributed by atoms with Crippen molar-refractivity contribution in [2.45, 2.75) is 11.8 Å². The zero-order valence-corrected chi connectivity index (χ0v) is 9.85. The molecule has 0 fully saturated rings. The van der Waals surface area contributed by atoms with Crippen LogP contribution in [-0.2, 0) is 9.84 Å². The standard InChI is InChI=1S/C10H12ClFO2S/c1-8(6-11)7-15(13,14)10-4-2-9(12)3-5-10/h2-5,8H,6-7H2,1H3. The molecule has 2 nitrogen and oxygen atoms in total. The molecule has 0 aliphatic rings. The zero-order valence-electron chi connectivity index (χ0n) is 8.28. The summed E-state index contributed by atoms with van der Waals surface area (Å²) in [5, 5.41) is 0. The Balaban J connectivity index is 2.91. The maximum Gasteiger partial charge on any atom is 0.178 e. The van der Waals surface area contributed by atoms with Crippen molar-refractivity contribution in [1.82, 2.24) is 0 Å². The van der Waals surface area contributed by atoms with Gasteiger partial charge in [0.05, 0.1) is 10.6 Å². The van der Waals surface area contributed by atoms with Crippen LogP contribution < -0.4 is 0 Å². The van der Waals surface area contributed by atoms with Crippen LogP contribution in [0.3, 0.4) is 0 Å². The van der Waals surface area contributed by atoms with Gasteiger partial charge in [0, 0.05) is 5.88 Å². The minimum absolute atomic E-state index is 0.0118. The van der Waals surface area contributed by atoms with Crippen molar-refractivity contribution in [1.29, 1.82) is 0 Å². The summed E-state index contributed by atoms with van der Waals surface area (Å²) in [5.74, 6) is -0.274. The Hall–Kier alpha value is -0.610. The second-order valence-corrected chi connectivity index (χ2v) is 5.84. The molecule has 1 rings (SSSR count). The van der Waals surface area contributed by atoms with Crippen molar-refractivity contribution in [2.24, 2.45) is 5.92 Å². The average molecular weight is 251 g/mol. The number of alkyl halides is 1. The lowest BCUT2D eigenvalue weighted by Gasteiger charge is -2.08. The van der Waals surface area contributed by atoms with Gasteiger partial charge in [-0.3, -0.25) is 0 Å². The third kappa shape index (κ3) is 3.47. The first kappa shape index (κ1) is 12.5. The number of halogens is 2. The van der Waals surface area contributed by atoms with Crippen molar-refractivity contribution in [3.05, 3.63) is 30.1 Å². The minimum Gasteiger partial charge on any atom is -0.224 e. The Labute approximate surface area is 94.0 Å². The average Bonchev–Trinajstić information content (AvgIpc) is 2.17. The SMILES string of the molecule is CC(CCl)CS(=O)(=O)c1ccc(F)cc1. The summed E-state index contributed by atoms with van der Waals surface area (Å²) in [6.07, 6.45) is 0. The summed E-state index contributed by atoms with van der Waals surface area (Å²) in [4.78, 5) is 0.140. The first-order valence-electron chi connectivity index (χ1n) is 4.50. The molecule has 0 aliphatic carbocycles. The van der Waals surface area contributed by atoms with Crippen LogP contribution in [0.2, 0.25) is 0 Å². The molecule has 0 saturated carbocycles. The van der Waals surface area contributed by atoms with E-state index in [1.54, 1.807) is 6.92 Å². The quantitative estimate of drug-likeness (QED) is 0.608. The molecule has 1 aromatic carbocycles. The molecule has 1 unspecified atom stereocenters. The molecule has 0 aliphatic heterocycles. The van der Waals surface area contributed by atoms with E-state index in [9.17, 15) is 12.8 Å². The van der Waals surface area contributed by atoms with E-state index in [0.717, 1.165) is 12.1 Å². The van der Waals surface area contributed by atoms with Gasteiger partial charge in [-0.25, -0.2) is 12.8 Å². The second kappa shape index (κ2) is 4.94. The molecular formula is C10H12ClFO2S. The summed E-state index contributed by atoms with van der Waals surface area (Å²) in [6.45, 7) is 1.76. The largest absolute Gasteiger partial charge is 0.224 e. The Kier molecular flexibility index (Phi) is 4.11. The van der Waals surface area contributed by atoms with E-state index in [0.29, 0.717) is 5.88 Å². The Morgan fingerprint density at radius 2 is 1.87 bits per heavy atom. The summed E-state index contributed by atoms with van der Waals surface area (Å²) in [7, 11) is -3.34. The molecule has 0 saturated heterocycles. The van der Waals surface area contributed by atoms with Gasteiger partial charge in [-0.1, -0.05) is 6.92 Å². The van der Waals surface area contributed by atoms with Crippen molar-refractivity contribution < 1.29 is 12.8 Å². The smallest absolute Gasteiger partial charge is 0.178 e. The number of benzene rings is 1. The van der Waals surface area contributed by atoms with Crippen LogP contribution in [-0.4, -0.2) is 20.1 Å². The van der Waals surface area contributed by atoms with Crippen LogP contribution in [0.25, 0.3) is 0 Å². The molecule has 0 bridgehead atoms. The van der Waals surface area contributed by atoms with E-state index < -0.39 is 15.7 Å². The fraction of sp³-hybridized carbons (Fsp3) is 0.400.